The third-order valence-electron chi connectivity index (χ3n) is 4.04. The van der Waals surface area contributed by atoms with Gasteiger partial charge in [-0.3, -0.25) is 0 Å². The lowest BCUT2D eigenvalue weighted by molar-refractivity contribution is 0.397. The molecule has 1 atom stereocenters. The SMILES string of the molecule is C=C(C)CN=C(NCCc1ccco1)NC1CCCn2nc(C)nc21.I. The first-order chi connectivity index (χ1) is 12.1. The van der Waals surface area contributed by atoms with Crippen LogP contribution in [-0.4, -0.2) is 33.8 Å². The number of halogens is 1. The maximum atomic E-state index is 5.38. The van der Waals surface area contributed by atoms with E-state index in [9.17, 15) is 0 Å². The van der Waals surface area contributed by atoms with E-state index in [1.165, 1.54) is 0 Å². The second-order valence-electron chi connectivity index (χ2n) is 6.46. The van der Waals surface area contributed by atoms with Crippen molar-refractivity contribution in [1.82, 2.24) is 25.4 Å². The Morgan fingerprint density at radius 1 is 1.50 bits per heavy atom. The van der Waals surface area contributed by atoms with Crippen LogP contribution in [0, 0.1) is 6.92 Å². The van der Waals surface area contributed by atoms with E-state index in [2.05, 4.69) is 32.3 Å². The number of furan rings is 1. The average molecular weight is 470 g/mol. The Balaban J connectivity index is 0.00000243. The molecule has 0 aliphatic carbocycles. The van der Waals surface area contributed by atoms with Gasteiger partial charge in [0.25, 0.3) is 0 Å². The largest absolute Gasteiger partial charge is 0.469 e. The summed E-state index contributed by atoms with van der Waals surface area (Å²) in [5, 5.41) is 11.3. The van der Waals surface area contributed by atoms with Crippen molar-refractivity contribution >= 4 is 29.9 Å². The average Bonchev–Trinajstić information content (AvgIpc) is 3.21. The number of aromatic nitrogens is 3. The predicted molar refractivity (Wildman–Crippen MR) is 113 cm³/mol. The number of fused-ring (bicyclic) bond motifs is 1. The highest BCUT2D eigenvalue weighted by atomic mass is 127. The number of guanidine groups is 1. The highest BCUT2D eigenvalue weighted by Crippen LogP contribution is 2.22. The van der Waals surface area contributed by atoms with Crippen LogP contribution in [0.3, 0.4) is 0 Å². The Bertz CT molecular complexity index is 737. The molecule has 0 spiro atoms. The molecule has 0 saturated heterocycles. The van der Waals surface area contributed by atoms with Crippen molar-refractivity contribution in [3.05, 3.63) is 48.0 Å². The number of rotatable bonds is 6. The molecule has 1 aliphatic heterocycles. The summed E-state index contributed by atoms with van der Waals surface area (Å²) in [6, 6.07) is 4.00. The maximum absolute atomic E-state index is 5.38. The molecule has 1 unspecified atom stereocenters. The molecule has 2 aromatic rings. The Kier molecular flexibility index (Phi) is 7.67. The van der Waals surface area contributed by atoms with Crippen molar-refractivity contribution in [3.8, 4) is 0 Å². The standard InChI is InChI=1S/C18H26N6O.HI/c1-13(2)12-20-18(19-9-8-15-6-5-11-25-15)22-16-7-4-10-24-17(16)21-14(3)23-24;/h5-6,11,16H,1,4,7-10,12H2,2-3H3,(H2,19,20,22);1H. The van der Waals surface area contributed by atoms with Crippen molar-refractivity contribution in [1.29, 1.82) is 0 Å². The van der Waals surface area contributed by atoms with Crippen LogP contribution < -0.4 is 10.6 Å². The first-order valence-corrected chi connectivity index (χ1v) is 8.75. The molecule has 0 amide bonds. The molecule has 3 rings (SSSR count). The Morgan fingerprint density at radius 3 is 3.08 bits per heavy atom. The van der Waals surface area contributed by atoms with Crippen molar-refractivity contribution < 1.29 is 4.42 Å². The lowest BCUT2D eigenvalue weighted by Crippen LogP contribution is -2.42. The molecule has 2 N–H and O–H groups in total. The summed E-state index contributed by atoms with van der Waals surface area (Å²) < 4.78 is 7.37. The van der Waals surface area contributed by atoms with Crippen LogP contribution in [0.2, 0.25) is 0 Å². The summed E-state index contributed by atoms with van der Waals surface area (Å²) in [7, 11) is 0. The third kappa shape index (κ3) is 5.58. The molecule has 26 heavy (non-hydrogen) atoms. The summed E-state index contributed by atoms with van der Waals surface area (Å²) in [6.45, 7) is 10.1. The van der Waals surface area contributed by atoms with E-state index < -0.39 is 0 Å². The number of aliphatic imine (C=N–C) groups is 1. The van der Waals surface area contributed by atoms with Crippen molar-refractivity contribution in [3.63, 3.8) is 0 Å². The molecule has 3 heterocycles. The zero-order chi connectivity index (χ0) is 17.6. The first-order valence-electron chi connectivity index (χ1n) is 8.75. The van der Waals surface area contributed by atoms with Gasteiger partial charge in [0.15, 0.2) is 5.96 Å². The number of hydrogen-bond acceptors (Lipinski definition) is 4. The first kappa shape index (κ1) is 20.5. The van der Waals surface area contributed by atoms with Crippen LogP contribution in [-0.2, 0) is 13.0 Å². The van der Waals surface area contributed by atoms with E-state index in [0.717, 1.165) is 61.3 Å². The van der Waals surface area contributed by atoms with Crippen molar-refractivity contribution in [2.24, 2.45) is 4.99 Å². The molecular weight excluding hydrogens is 443 g/mol. The lowest BCUT2D eigenvalue weighted by Gasteiger charge is -2.25. The third-order valence-corrected chi connectivity index (χ3v) is 4.04. The molecule has 0 saturated carbocycles. The van der Waals surface area contributed by atoms with E-state index >= 15 is 0 Å². The molecule has 0 radical (unpaired) electrons. The van der Waals surface area contributed by atoms with E-state index in [-0.39, 0.29) is 30.0 Å². The Labute approximate surface area is 171 Å². The van der Waals surface area contributed by atoms with Gasteiger partial charge >= 0.3 is 0 Å². The molecule has 0 aromatic carbocycles. The van der Waals surface area contributed by atoms with E-state index in [1.54, 1.807) is 6.26 Å². The van der Waals surface area contributed by atoms with E-state index in [4.69, 9.17) is 4.42 Å². The second-order valence-corrected chi connectivity index (χ2v) is 6.46. The molecule has 0 bridgehead atoms. The Morgan fingerprint density at radius 2 is 2.35 bits per heavy atom. The maximum Gasteiger partial charge on any atom is 0.192 e. The van der Waals surface area contributed by atoms with Gasteiger partial charge in [-0.2, -0.15) is 5.10 Å². The van der Waals surface area contributed by atoms with Gasteiger partial charge in [0.1, 0.15) is 17.4 Å². The zero-order valence-corrected chi connectivity index (χ0v) is 17.7. The van der Waals surface area contributed by atoms with Gasteiger partial charge in [-0.15, -0.1) is 24.0 Å². The van der Waals surface area contributed by atoms with Crippen LogP contribution in [0.4, 0.5) is 0 Å². The van der Waals surface area contributed by atoms with Crippen molar-refractivity contribution in [2.75, 3.05) is 13.1 Å². The molecule has 0 fully saturated rings. The van der Waals surface area contributed by atoms with Gasteiger partial charge < -0.3 is 15.1 Å². The monoisotopic (exact) mass is 470 g/mol. The summed E-state index contributed by atoms with van der Waals surface area (Å²) in [5.74, 6) is 3.53. The summed E-state index contributed by atoms with van der Waals surface area (Å²) in [5.41, 5.74) is 1.02. The topological polar surface area (TPSA) is 80.3 Å². The number of nitrogens with one attached hydrogen (secondary N) is 2. The van der Waals surface area contributed by atoms with Gasteiger partial charge in [-0.25, -0.2) is 14.7 Å². The summed E-state index contributed by atoms with van der Waals surface area (Å²) >= 11 is 0. The van der Waals surface area contributed by atoms with Gasteiger partial charge in [-0.1, -0.05) is 12.2 Å². The highest BCUT2D eigenvalue weighted by molar-refractivity contribution is 14.0. The van der Waals surface area contributed by atoms with Gasteiger partial charge in [0, 0.05) is 19.5 Å². The van der Waals surface area contributed by atoms with Gasteiger partial charge in [0.05, 0.1) is 18.8 Å². The van der Waals surface area contributed by atoms with Gasteiger partial charge in [-0.05, 0) is 38.8 Å². The summed E-state index contributed by atoms with van der Waals surface area (Å²) in [4.78, 5) is 9.20. The fourth-order valence-electron chi connectivity index (χ4n) is 2.90. The molecule has 2 aromatic heterocycles. The second kappa shape index (κ2) is 9.75. The van der Waals surface area contributed by atoms with Gasteiger partial charge in [0.2, 0.25) is 0 Å². The predicted octanol–water partition coefficient (Wildman–Crippen LogP) is 2.99. The van der Waals surface area contributed by atoms with E-state index in [1.807, 2.05) is 30.7 Å². The quantitative estimate of drug-likeness (QED) is 0.294. The fraction of sp³-hybridized carbons (Fsp3) is 0.500. The number of aryl methyl sites for hydroxylation is 2. The molecular formula is C18H27IN6O. The lowest BCUT2D eigenvalue weighted by atomic mass is 10.1. The smallest absolute Gasteiger partial charge is 0.192 e. The van der Waals surface area contributed by atoms with Crippen LogP contribution in [0.5, 0.6) is 0 Å². The minimum atomic E-state index is 0. The van der Waals surface area contributed by atoms with Crippen LogP contribution >= 0.6 is 24.0 Å². The number of hydrogen-bond donors (Lipinski definition) is 2. The molecule has 8 heteroatoms. The molecule has 7 nitrogen and oxygen atoms in total. The minimum absolute atomic E-state index is 0. The normalized spacial score (nSPS) is 16.5. The minimum Gasteiger partial charge on any atom is -0.469 e. The zero-order valence-electron chi connectivity index (χ0n) is 15.4. The van der Waals surface area contributed by atoms with Crippen LogP contribution in [0.25, 0.3) is 0 Å². The van der Waals surface area contributed by atoms with Crippen LogP contribution in [0.1, 0.15) is 43.2 Å². The van der Waals surface area contributed by atoms with E-state index in [0.29, 0.717) is 6.54 Å². The Hall–Kier alpha value is -1.84. The fourth-order valence-corrected chi connectivity index (χ4v) is 2.90. The summed E-state index contributed by atoms with van der Waals surface area (Å²) in [6.07, 6.45) is 4.60. The molecule has 1 aliphatic rings. The molecule has 142 valence electrons. The highest BCUT2D eigenvalue weighted by Gasteiger charge is 2.24. The number of nitrogens with zero attached hydrogens (tertiary/aromatic N) is 4. The van der Waals surface area contributed by atoms with Crippen LogP contribution in [0.15, 0.2) is 40.0 Å². The van der Waals surface area contributed by atoms with Crippen molar-refractivity contribution in [2.45, 2.75) is 45.7 Å².